The van der Waals surface area contributed by atoms with Gasteiger partial charge in [-0.1, -0.05) is 43.7 Å². The van der Waals surface area contributed by atoms with Crippen LogP contribution in [0.3, 0.4) is 0 Å². The number of phenols is 1. The molecule has 0 saturated carbocycles. The molecule has 1 atom stereocenters. The number of nitrogens with one attached hydrogen (secondary N) is 2. The number of aromatic hydroxyl groups is 1. The Bertz CT molecular complexity index is 1910. The molecule has 1 amide bonds. The van der Waals surface area contributed by atoms with Crippen LogP contribution in [0.2, 0.25) is 0 Å². The van der Waals surface area contributed by atoms with E-state index in [1.54, 1.807) is 12.1 Å². The van der Waals surface area contributed by atoms with Gasteiger partial charge in [-0.25, -0.2) is 4.98 Å². The number of anilines is 1. The highest BCUT2D eigenvalue weighted by Gasteiger charge is 2.40. The minimum atomic E-state index is -0.855. The number of nitrogens with zero attached hydrogens (tertiary/aromatic N) is 4. The average molecular weight is 755 g/mol. The first kappa shape index (κ1) is 40.3. The summed E-state index contributed by atoms with van der Waals surface area (Å²) >= 11 is 0. The Balaban J connectivity index is 0.888. The lowest BCUT2D eigenvalue weighted by Gasteiger charge is -2.47. The van der Waals surface area contributed by atoms with Crippen molar-refractivity contribution in [3.63, 3.8) is 0 Å². The number of H-pyrrole nitrogens is 1. The van der Waals surface area contributed by atoms with Crippen LogP contribution in [0.15, 0.2) is 71.7 Å². The highest BCUT2D eigenvalue weighted by Crippen LogP contribution is 2.33. The first-order chi connectivity index (χ1) is 26.7. The van der Waals surface area contributed by atoms with Crippen molar-refractivity contribution in [2.45, 2.75) is 70.6 Å². The predicted octanol–water partition coefficient (Wildman–Crippen LogP) is 4.71. The molecule has 2 aliphatic heterocycles. The zero-order valence-electron chi connectivity index (χ0n) is 32.5. The Kier molecular flexibility index (Phi) is 14.3. The number of aliphatic hydroxyl groups excluding tert-OH is 1. The Hall–Kier alpha value is -4.33. The fourth-order valence-electron chi connectivity index (χ4n) is 7.73. The number of carbonyl (C=O) groups excluding carboxylic acids is 1. The Morgan fingerprint density at radius 1 is 1.07 bits per heavy atom. The van der Waals surface area contributed by atoms with Gasteiger partial charge in [-0.3, -0.25) is 14.5 Å². The third-order valence-corrected chi connectivity index (χ3v) is 10.9. The highest BCUT2D eigenvalue weighted by molar-refractivity contribution is 5.87. The van der Waals surface area contributed by atoms with Crippen LogP contribution in [0.5, 0.6) is 5.75 Å². The number of hydrogen-bond acceptors (Lipinski definition) is 10. The van der Waals surface area contributed by atoms with Gasteiger partial charge < -0.3 is 39.8 Å². The number of rotatable bonds is 18. The maximum absolute atomic E-state index is 13.2. The Labute approximate surface area is 324 Å². The Morgan fingerprint density at radius 3 is 2.73 bits per heavy atom. The van der Waals surface area contributed by atoms with Gasteiger partial charge in [0.15, 0.2) is 0 Å². The number of benzene rings is 2. The van der Waals surface area contributed by atoms with E-state index in [9.17, 15) is 19.8 Å². The number of hydrogen-bond donors (Lipinski definition) is 4. The summed E-state index contributed by atoms with van der Waals surface area (Å²) in [6.45, 7) is 12.6. The van der Waals surface area contributed by atoms with Crippen molar-refractivity contribution in [2.75, 3.05) is 77.1 Å². The molecule has 0 radical (unpaired) electrons. The van der Waals surface area contributed by atoms with Crippen molar-refractivity contribution in [1.29, 1.82) is 0 Å². The molecule has 0 bridgehead atoms. The molecule has 55 heavy (non-hydrogen) atoms. The number of aromatic nitrogens is 2. The number of ether oxygens (including phenoxy) is 2. The molecule has 12 heteroatoms. The Morgan fingerprint density at radius 2 is 1.91 bits per heavy atom. The summed E-state index contributed by atoms with van der Waals surface area (Å²) in [5, 5.41) is 24.9. The third-order valence-electron chi connectivity index (χ3n) is 10.9. The van der Waals surface area contributed by atoms with Crippen LogP contribution < -0.4 is 15.8 Å². The van der Waals surface area contributed by atoms with Gasteiger partial charge in [0.25, 0.3) is 0 Å². The number of aromatic amines is 1. The maximum Gasteiger partial charge on any atom is 0.248 e. The van der Waals surface area contributed by atoms with E-state index in [1.165, 1.54) is 28.8 Å². The van der Waals surface area contributed by atoms with Crippen LogP contribution in [-0.2, 0) is 27.2 Å². The minimum Gasteiger partial charge on any atom is -0.506 e. The molecule has 4 aromatic rings. The number of morpholine rings is 1. The zero-order chi connectivity index (χ0) is 38.6. The number of phenolic OH excluding ortho intramolecular Hbond substituents is 1. The van der Waals surface area contributed by atoms with Crippen LogP contribution in [0.1, 0.15) is 67.4 Å². The standard InChI is InChI=1S/C43H58N6O6/c1-3-4-19-48(22-18-44-29-38(51)35-8-10-37(50)42-36(35)9-11-40(52)46-42)41(53)14-25-54-24-13-33-6-5-7-34(28-33)30-47-20-15-43(16-21-47)31-49(23-26-55-43)39-27-32(2)12-17-45-39/h5-12,17,27-28,38,44,50-51H,3-4,13-16,18-26,29-31H2,1-2H3,(H,46,52)/t38-/m0/s1. The van der Waals surface area contributed by atoms with Gasteiger partial charge >= 0.3 is 0 Å². The van der Waals surface area contributed by atoms with Gasteiger partial charge in [-0.05, 0) is 79.1 Å². The molecule has 2 fully saturated rings. The molecule has 2 aromatic carbocycles. The van der Waals surface area contributed by atoms with Crippen molar-refractivity contribution in [2.24, 2.45) is 0 Å². The van der Waals surface area contributed by atoms with Crippen LogP contribution in [0, 0.1) is 6.92 Å². The fraction of sp³-hybridized carbons (Fsp3) is 0.512. The second kappa shape index (κ2) is 19.5. The lowest BCUT2D eigenvalue weighted by molar-refractivity contribution is -0.132. The molecule has 1 spiro atoms. The molecule has 2 aliphatic rings. The SMILES string of the molecule is CCCCN(CCNC[C@H](O)c1ccc(O)c2[nH]c(=O)ccc12)C(=O)CCOCCc1cccc(CN2CCC3(CC2)CN(c2cc(C)ccn2)CCO3)c1. The number of pyridine rings is 2. The predicted molar refractivity (Wildman–Crippen MR) is 216 cm³/mol. The van der Waals surface area contributed by atoms with Gasteiger partial charge in [0.05, 0.1) is 43.5 Å². The lowest BCUT2D eigenvalue weighted by Crippen LogP contribution is -2.57. The second-order valence-corrected chi connectivity index (χ2v) is 15.1. The first-order valence-electron chi connectivity index (χ1n) is 19.9. The van der Waals surface area contributed by atoms with E-state index < -0.39 is 6.10 Å². The van der Waals surface area contributed by atoms with Crippen molar-refractivity contribution >= 4 is 22.6 Å². The minimum absolute atomic E-state index is 0.0443. The molecular formula is C43H58N6O6. The molecule has 2 aromatic heterocycles. The zero-order valence-corrected chi connectivity index (χ0v) is 32.5. The molecule has 4 heterocycles. The number of piperidine rings is 1. The van der Waals surface area contributed by atoms with Crippen LogP contribution in [0.25, 0.3) is 10.9 Å². The molecule has 4 N–H and O–H groups in total. The number of amides is 1. The van der Waals surface area contributed by atoms with Gasteiger partial charge in [0.1, 0.15) is 11.6 Å². The molecule has 12 nitrogen and oxygen atoms in total. The largest absolute Gasteiger partial charge is 0.506 e. The topological polar surface area (TPSA) is 143 Å². The average Bonchev–Trinajstić information content (AvgIpc) is 3.19. The van der Waals surface area contributed by atoms with Gasteiger partial charge in [-0.15, -0.1) is 0 Å². The van der Waals surface area contributed by atoms with Gasteiger partial charge in [0, 0.05) is 76.6 Å². The van der Waals surface area contributed by atoms with E-state index in [-0.39, 0.29) is 29.4 Å². The van der Waals surface area contributed by atoms with Crippen LogP contribution in [-0.4, -0.2) is 114 Å². The van der Waals surface area contributed by atoms with E-state index in [0.29, 0.717) is 55.7 Å². The summed E-state index contributed by atoms with van der Waals surface area (Å²) in [4.78, 5) is 38.9. The lowest BCUT2D eigenvalue weighted by atomic mass is 9.89. The second-order valence-electron chi connectivity index (χ2n) is 15.1. The van der Waals surface area contributed by atoms with Crippen LogP contribution >= 0.6 is 0 Å². The third kappa shape index (κ3) is 11.1. The van der Waals surface area contributed by atoms with E-state index in [2.05, 4.69) is 69.3 Å². The van der Waals surface area contributed by atoms with Crippen molar-refractivity contribution in [3.8, 4) is 5.75 Å². The number of carbonyl (C=O) groups is 1. The van der Waals surface area contributed by atoms with E-state index in [1.807, 2.05) is 17.2 Å². The van der Waals surface area contributed by atoms with E-state index in [4.69, 9.17) is 9.47 Å². The maximum atomic E-state index is 13.2. The molecule has 6 rings (SSSR count). The van der Waals surface area contributed by atoms with Gasteiger partial charge in [0.2, 0.25) is 11.5 Å². The summed E-state index contributed by atoms with van der Waals surface area (Å²) in [6.07, 6.45) is 6.09. The summed E-state index contributed by atoms with van der Waals surface area (Å²) in [7, 11) is 0. The van der Waals surface area contributed by atoms with Crippen LogP contribution in [0.4, 0.5) is 5.82 Å². The molecule has 2 saturated heterocycles. The summed E-state index contributed by atoms with van der Waals surface area (Å²) in [5.74, 6) is 1.07. The summed E-state index contributed by atoms with van der Waals surface area (Å²) in [6, 6.07) is 19.1. The van der Waals surface area contributed by atoms with Gasteiger partial charge in [-0.2, -0.15) is 0 Å². The quantitative estimate of drug-likeness (QED) is 0.106. The molecular weight excluding hydrogens is 697 g/mol. The number of aryl methyl sites for hydroxylation is 1. The van der Waals surface area contributed by atoms with Crippen molar-refractivity contribution in [3.05, 3.63) is 99.5 Å². The number of aliphatic hydroxyl groups is 1. The molecule has 0 aliphatic carbocycles. The summed E-state index contributed by atoms with van der Waals surface area (Å²) in [5.41, 5.74) is 4.25. The van der Waals surface area contributed by atoms with Crippen molar-refractivity contribution < 1.29 is 24.5 Å². The first-order valence-corrected chi connectivity index (χ1v) is 19.9. The highest BCUT2D eigenvalue weighted by atomic mass is 16.5. The summed E-state index contributed by atoms with van der Waals surface area (Å²) < 4.78 is 12.4. The fourth-order valence-corrected chi connectivity index (χ4v) is 7.73. The molecule has 0 unspecified atom stereocenters. The van der Waals surface area contributed by atoms with E-state index in [0.717, 1.165) is 77.3 Å². The number of likely N-dealkylation sites (tertiary alicyclic amines) is 1. The number of fused-ring (bicyclic) bond motifs is 1. The molecule has 296 valence electrons. The monoisotopic (exact) mass is 754 g/mol. The number of unbranched alkanes of at least 4 members (excludes halogenated alkanes) is 1. The van der Waals surface area contributed by atoms with Crippen molar-refractivity contribution in [1.82, 2.24) is 25.1 Å². The van der Waals surface area contributed by atoms with E-state index >= 15 is 0 Å². The normalized spacial score (nSPS) is 16.5. The smallest absolute Gasteiger partial charge is 0.248 e.